The third kappa shape index (κ3) is 3.44. The van der Waals surface area contributed by atoms with Crippen molar-refractivity contribution in [3.63, 3.8) is 0 Å². The van der Waals surface area contributed by atoms with Crippen molar-refractivity contribution in [2.45, 2.75) is 38.8 Å². The minimum Gasteiger partial charge on any atom is -0.383 e. The lowest BCUT2D eigenvalue weighted by Crippen LogP contribution is -2.35. The number of amides is 1. The Kier molecular flexibility index (Phi) is 4.73. The summed E-state index contributed by atoms with van der Waals surface area (Å²) >= 11 is 0. The summed E-state index contributed by atoms with van der Waals surface area (Å²) in [5.41, 5.74) is -0.182. The van der Waals surface area contributed by atoms with Crippen LogP contribution in [0.2, 0.25) is 0 Å². The van der Waals surface area contributed by atoms with Crippen LogP contribution in [0.4, 0.5) is 0 Å². The van der Waals surface area contributed by atoms with Crippen molar-refractivity contribution >= 4 is 5.91 Å². The van der Waals surface area contributed by atoms with Crippen LogP contribution in [0.1, 0.15) is 25.1 Å². The van der Waals surface area contributed by atoms with Gasteiger partial charge in [0.15, 0.2) is 0 Å². The van der Waals surface area contributed by atoms with Crippen molar-refractivity contribution < 1.29 is 9.53 Å². The van der Waals surface area contributed by atoms with E-state index in [0.29, 0.717) is 19.7 Å². The number of methoxy groups -OCH3 is 1. The summed E-state index contributed by atoms with van der Waals surface area (Å²) in [4.78, 5) is 23.7. The summed E-state index contributed by atoms with van der Waals surface area (Å²) < 4.78 is 7.79. The molecule has 7 heteroatoms. The van der Waals surface area contributed by atoms with Crippen LogP contribution in [-0.4, -0.2) is 40.5 Å². The molecule has 1 aliphatic rings. The number of ether oxygens (including phenoxy) is 1. The molecule has 7 nitrogen and oxygen atoms in total. The van der Waals surface area contributed by atoms with Crippen LogP contribution in [0.15, 0.2) is 4.79 Å². The minimum absolute atomic E-state index is 0.0253. The van der Waals surface area contributed by atoms with Crippen molar-refractivity contribution in [3.05, 3.63) is 16.3 Å². The fraction of sp³-hybridized carbons (Fsp3) is 0.750. The molecule has 0 saturated heterocycles. The number of rotatable bonds is 5. The number of carbonyl (C=O) groups excluding carboxylic acids is 1. The molecule has 2 rings (SSSR count). The maximum atomic E-state index is 12.1. The molecule has 0 saturated carbocycles. The second-order valence-corrected chi connectivity index (χ2v) is 4.66. The minimum atomic E-state index is -0.215. The Morgan fingerprint density at radius 1 is 1.42 bits per heavy atom. The first-order valence-corrected chi connectivity index (χ1v) is 6.64. The third-order valence-electron chi connectivity index (χ3n) is 3.20. The second-order valence-electron chi connectivity index (χ2n) is 4.66. The van der Waals surface area contributed by atoms with Gasteiger partial charge in [0.25, 0.3) is 0 Å². The van der Waals surface area contributed by atoms with Gasteiger partial charge in [-0.1, -0.05) is 6.42 Å². The Morgan fingerprint density at radius 3 is 3.05 bits per heavy atom. The number of nitrogens with zero attached hydrogens (tertiary/aromatic N) is 3. The zero-order valence-electron chi connectivity index (χ0n) is 11.2. The second kappa shape index (κ2) is 6.51. The Hall–Kier alpha value is -1.63. The van der Waals surface area contributed by atoms with Crippen LogP contribution in [0.3, 0.4) is 0 Å². The lowest BCUT2D eigenvalue weighted by molar-refractivity contribution is -0.122. The number of aromatic nitrogens is 3. The topological polar surface area (TPSA) is 78.2 Å². The van der Waals surface area contributed by atoms with Crippen molar-refractivity contribution in [3.8, 4) is 0 Å². The number of nitrogens with one attached hydrogen (secondary N) is 1. The van der Waals surface area contributed by atoms with Crippen LogP contribution in [-0.2, 0) is 29.0 Å². The van der Waals surface area contributed by atoms with Gasteiger partial charge < -0.3 is 10.1 Å². The summed E-state index contributed by atoms with van der Waals surface area (Å²) in [6.45, 7) is 1.58. The molecule has 1 N–H and O–H groups in total. The Morgan fingerprint density at radius 2 is 2.26 bits per heavy atom. The molecule has 0 aliphatic carbocycles. The van der Waals surface area contributed by atoms with Gasteiger partial charge in [-0.2, -0.15) is 5.10 Å². The first-order chi connectivity index (χ1) is 9.22. The van der Waals surface area contributed by atoms with Gasteiger partial charge >= 0.3 is 5.69 Å². The molecule has 0 unspecified atom stereocenters. The molecule has 0 fully saturated rings. The zero-order valence-corrected chi connectivity index (χ0v) is 11.2. The first kappa shape index (κ1) is 13.8. The quantitative estimate of drug-likeness (QED) is 0.733. The number of carbonyl (C=O) groups is 1. The van der Waals surface area contributed by atoms with E-state index in [0.717, 1.165) is 31.5 Å². The van der Waals surface area contributed by atoms with Gasteiger partial charge in [-0.15, -0.1) is 0 Å². The van der Waals surface area contributed by atoms with Gasteiger partial charge in [-0.3, -0.25) is 9.36 Å². The van der Waals surface area contributed by atoms with E-state index >= 15 is 0 Å². The normalized spacial score (nSPS) is 14.8. The van der Waals surface area contributed by atoms with Gasteiger partial charge in [-0.05, 0) is 12.8 Å². The van der Waals surface area contributed by atoms with Crippen LogP contribution < -0.4 is 11.0 Å². The Labute approximate surface area is 111 Å². The van der Waals surface area contributed by atoms with Crippen molar-refractivity contribution in [2.75, 3.05) is 20.3 Å². The lowest BCUT2D eigenvalue weighted by atomic mass is 10.2. The predicted octanol–water partition coefficient (Wildman–Crippen LogP) is -0.466. The molecule has 1 aromatic rings. The molecule has 1 aliphatic heterocycles. The van der Waals surface area contributed by atoms with E-state index in [1.807, 2.05) is 0 Å². The summed E-state index contributed by atoms with van der Waals surface area (Å²) in [6.07, 6.45) is 3.99. The summed E-state index contributed by atoms with van der Waals surface area (Å²) in [5.74, 6) is 0.583. The average Bonchev–Trinajstić information content (AvgIpc) is 2.57. The zero-order chi connectivity index (χ0) is 13.7. The lowest BCUT2D eigenvalue weighted by Gasteiger charge is -2.03. The summed E-state index contributed by atoms with van der Waals surface area (Å²) in [6, 6.07) is 0. The number of hydrogen-bond donors (Lipinski definition) is 1. The summed E-state index contributed by atoms with van der Waals surface area (Å²) in [5, 5.41) is 6.93. The molecule has 0 aromatic carbocycles. The Bertz CT molecular complexity index is 492. The molecule has 19 heavy (non-hydrogen) atoms. The molecular weight excluding hydrogens is 248 g/mol. The average molecular weight is 268 g/mol. The SMILES string of the molecule is COCCNC(=O)Cn1nc2n(c1=O)CCCCC2. The molecule has 1 aromatic heterocycles. The smallest absolute Gasteiger partial charge is 0.346 e. The van der Waals surface area contributed by atoms with Crippen molar-refractivity contribution in [2.24, 2.45) is 0 Å². The predicted molar refractivity (Wildman–Crippen MR) is 68.9 cm³/mol. The highest BCUT2D eigenvalue weighted by Crippen LogP contribution is 2.09. The standard InChI is InChI=1S/C12H20N4O3/c1-19-8-6-13-11(17)9-16-12(18)15-7-4-2-3-5-10(15)14-16/h2-9H2,1H3,(H,13,17). The van der Waals surface area contributed by atoms with E-state index in [9.17, 15) is 9.59 Å². The molecule has 0 radical (unpaired) electrons. The van der Waals surface area contributed by atoms with Gasteiger partial charge in [-0.25, -0.2) is 9.48 Å². The first-order valence-electron chi connectivity index (χ1n) is 6.64. The maximum Gasteiger partial charge on any atom is 0.346 e. The van der Waals surface area contributed by atoms with Gasteiger partial charge in [0, 0.05) is 26.6 Å². The monoisotopic (exact) mass is 268 g/mol. The van der Waals surface area contributed by atoms with Crippen LogP contribution >= 0.6 is 0 Å². The highest BCUT2D eigenvalue weighted by Gasteiger charge is 2.16. The summed E-state index contributed by atoms with van der Waals surface area (Å²) in [7, 11) is 1.57. The molecule has 1 amide bonds. The van der Waals surface area contributed by atoms with Gasteiger partial charge in [0.05, 0.1) is 6.61 Å². The number of fused-ring (bicyclic) bond motifs is 1. The van der Waals surface area contributed by atoms with Crippen LogP contribution in [0.5, 0.6) is 0 Å². The fourth-order valence-corrected chi connectivity index (χ4v) is 2.21. The van der Waals surface area contributed by atoms with E-state index in [1.165, 1.54) is 4.68 Å². The molecule has 106 valence electrons. The highest BCUT2D eigenvalue weighted by atomic mass is 16.5. The molecule has 0 bridgehead atoms. The van der Waals surface area contributed by atoms with E-state index in [4.69, 9.17) is 4.74 Å². The van der Waals surface area contributed by atoms with Gasteiger partial charge in [0.1, 0.15) is 12.4 Å². The number of hydrogen-bond acceptors (Lipinski definition) is 4. The van der Waals surface area contributed by atoms with Crippen LogP contribution in [0.25, 0.3) is 0 Å². The molecular formula is C12H20N4O3. The largest absolute Gasteiger partial charge is 0.383 e. The van der Waals surface area contributed by atoms with E-state index in [2.05, 4.69) is 10.4 Å². The molecule has 0 spiro atoms. The highest BCUT2D eigenvalue weighted by molar-refractivity contribution is 5.75. The van der Waals surface area contributed by atoms with Crippen molar-refractivity contribution in [1.29, 1.82) is 0 Å². The van der Waals surface area contributed by atoms with Crippen molar-refractivity contribution in [1.82, 2.24) is 19.7 Å². The third-order valence-corrected chi connectivity index (χ3v) is 3.20. The van der Waals surface area contributed by atoms with Gasteiger partial charge in [0.2, 0.25) is 5.91 Å². The maximum absolute atomic E-state index is 12.1. The van der Waals surface area contributed by atoms with E-state index in [-0.39, 0.29) is 18.1 Å². The fourth-order valence-electron chi connectivity index (χ4n) is 2.21. The molecule has 2 heterocycles. The van der Waals surface area contributed by atoms with E-state index in [1.54, 1.807) is 11.7 Å². The van der Waals surface area contributed by atoms with E-state index < -0.39 is 0 Å². The van der Waals surface area contributed by atoms with Crippen LogP contribution in [0, 0.1) is 0 Å². The Balaban J connectivity index is 2.01. The number of aryl methyl sites for hydroxylation is 1. The molecule has 0 atom stereocenters.